The summed E-state index contributed by atoms with van der Waals surface area (Å²) in [4.78, 5) is 0. The summed E-state index contributed by atoms with van der Waals surface area (Å²) in [7, 11) is 0. The van der Waals surface area contributed by atoms with Gasteiger partial charge in [-0.05, 0) is 119 Å². The third-order valence-corrected chi connectivity index (χ3v) is 9.82. The van der Waals surface area contributed by atoms with Crippen LogP contribution in [0.15, 0.2) is 18.3 Å². The van der Waals surface area contributed by atoms with Gasteiger partial charge in [0, 0.05) is 26.7 Å². The Balaban J connectivity index is 0.000000347. The van der Waals surface area contributed by atoms with E-state index in [1.807, 2.05) is 83.1 Å². The molecule has 8 nitrogen and oxygen atoms in total. The van der Waals surface area contributed by atoms with Crippen LogP contribution >= 0.6 is 63.7 Å². The lowest BCUT2D eigenvalue weighted by atomic mass is 9.86. The maximum absolute atomic E-state index is 13.6. The molecule has 0 atom stereocenters. The molecule has 288 valence electrons. The first kappa shape index (κ1) is 48.0. The molecule has 4 aromatic heterocycles. The molecule has 0 aliphatic rings. The van der Waals surface area contributed by atoms with E-state index in [-0.39, 0.29) is 37.9 Å². The zero-order valence-electron chi connectivity index (χ0n) is 32.6. The van der Waals surface area contributed by atoms with Gasteiger partial charge in [-0.3, -0.25) is 0 Å². The Kier molecular flexibility index (Phi) is 17.1. The normalized spacial score (nSPS) is 11.8. The highest BCUT2D eigenvalue weighted by Gasteiger charge is 2.27. The Morgan fingerprint density at radius 1 is 0.365 bits per heavy atom. The first-order valence-electron chi connectivity index (χ1n) is 16.1. The van der Waals surface area contributed by atoms with E-state index in [0.29, 0.717) is 53.0 Å². The van der Waals surface area contributed by atoms with Crippen LogP contribution in [0.5, 0.6) is 0 Å². The van der Waals surface area contributed by atoms with E-state index >= 15 is 0 Å². The van der Waals surface area contributed by atoms with Gasteiger partial charge in [0.2, 0.25) is 11.9 Å². The molecular formula is C36H48Br4F4N8. The molecule has 0 spiro atoms. The molecule has 0 radical (unpaired) electrons. The van der Waals surface area contributed by atoms with Crippen molar-refractivity contribution in [2.75, 3.05) is 0 Å². The highest BCUT2D eigenvalue weighted by Crippen LogP contribution is 2.34. The molecule has 4 rings (SSSR count). The maximum atomic E-state index is 13.6. The lowest BCUT2D eigenvalue weighted by molar-refractivity contribution is 0.481. The van der Waals surface area contributed by atoms with E-state index < -0.39 is 11.9 Å². The topological polar surface area (TPSA) is 103 Å². The molecule has 0 aliphatic heterocycles. The Labute approximate surface area is 339 Å². The molecule has 0 aliphatic carbocycles. The van der Waals surface area contributed by atoms with E-state index in [1.54, 1.807) is 27.7 Å². The molecule has 16 heteroatoms. The van der Waals surface area contributed by atoms with Gasteiger partial charge in [-0.1, -0.05) is 83.1 Å². The summed E-state index contributed by atoms with van der Waals surface area (Å²) in [6.45, 7) is 30.4. The van der Waals surface area contributed by atoms with Crippen molar-refractivity contribution in [1.82, 2.24) is 40.8 Å². The molecular weight excluding hydrogens is 940 g/mol. The van der Waals surface area contributed by atoms with Crippen molar-refractivity contribution in [2.24, 2.45) is 0 Å². The Morgan fingerprint density at radius 3 is 1.12 bits per heavy atom. The fourth-order valence-electron chi connectivity index (χ4n) is 4.94. The van der Waals surface area contributed by atoms with Crippen LogP contribution < -0.4 is 0 Å². The second kappa shape index (κ2) is 18.5. The van der Waals surface area contributed by atoms with Gasteiger partial charge in [-0.25, -0.2) is 8.78 Å². The van der Waals surface area contributed by atoms with Crippen molar-refractivity contribution < 1.29 is 17.6 Å². The van der Waals surface area contributed by atoms with Crippen molar-refractivity contribution in [3.8, 4) is 0 Å². The van der Waals surface area contributed by atoms with Gasteiger partial charge in [0.05, 0.1) is 17.1 Å². The zero-order valence-corrected chi connectivity index (χ0v) is 38.9. The maximum Gasteiger partial charge on any atom is 0.238 e. The molecule has 0 amide bonds. The van der Waals surface area contributed by atoms with Crippen molar-refractivity contribution >= 4 is 63.7 Å². The summed E-state index contributed by atoms with van der Waals surface area (Å²) in [6, 6.07) is 0. The van der Waals surface area contributed by atoms with Crippen molar-refractivity contribution in [3.63, 3.8) is 0 Å². The molecule has 0 saturated heterocycles. The number of rotatable bonds is 0. The summed E-state index contributed by atoms with van der Waals surface area (Å²) in [5, 5.41) is 29.3. The highest BCUT2D eigenvalue weighted by molar-refractivity contribution is 9.11. The lowest BCUT2D eigenvalue weighted by Crippen LogP contribution is -2.17. The van der Waals surface area contributed by atoms with Crippen LogP contribution in [0.25, 0.3) is 0 Å². The third-order valence-electron chi connectivity index (χ3n) is 7.23. The van der Waals surface area contributed by atoms with E-state index in [2.05, 4.69) is 105 Å². The van der Waals surface area contributed by atoms with Gasteiger partial charge in [0.15, 0.2) is 16.2 Å². The van der Waals surface area contributed by atoms with Crippen LogP contribution in [0.1, 0.15) is 128 Å². The SMILES string of the molecule is Cc1c(F)nnc(Br)c1C(C)(C)C.Cc1nnc(Br)c(C(C)(C)C)c1F.Cc1nnc(Br)c(F)c1C(C)(C)C.Cc1nnc(F)c(C(C)(C)C)c1Br. The number of hydrogen-bond donors (Lipinski definition) is 0. The minimum atomic E-state index is -0.495. The second-order valence-corrected chi connectivity index (χ2v) is 19.1. The summed E-state index contributed by atoms with van der Waals surface area (Å²) in [5.41, 5.74) is 4.04. The molecule has 0 N–H and O–H groups in total. The summed E-state index contributed by atoms with van der Waals surface area (Å²) in [5.74, 6) is -1.56. The number of aryl methyl sites for hydroxylation is 3. The average molecular weight is 988 g/mol. The fourth-order valence-corrected chi connectivity index (χ4v) is 7.87. The molecule has 0 fully saturated rings. The van der Waals surface area contributed by atoms with Gasteiger partial charge < -0.3 is 0 Å². The predicted molar refractivity (Wildman–Crippen MR) is 213 cm³/mol. The van der Waals surface area contributed by atoms with Crippen molar-refractivity contribution in [1.29, 1.82) is 0 Å². The molecule has 4 heterocycles. The summed E-state index contributed by atoms with van der Waals surface area (Å²) >= 11 is 12.8. The van der Waals surface area contributed by atoms with Crippen molar-refractivity contribution in [2.45, 2.75) is 132 Å². The lowest BCUT2D eigenvalue weighted by Gasteiger charge is -2.21. The standard InChI is InChI=1S/4C9H12BrFN2/c1-5-7(11)6(9(2,3)4)8(10)13-12-5;1-5-7(10)6(9(2,3)4)8(11)13-12-5;1-5-6(9(2,3)4)7(11)8(10)13-12-5;1-5-6(9(2,3)4)7(10)12-13-8(5)11/h4*1-4H3. The first-order chi connectivity index (χ1) is 23.3. The van der Waals surface area contributed by atoms with Crippen LogP contribution in [0.4, 0.5) is 17.6 Å². The van der Waals surface area contributed by atoms with E-state index in [1.165, 1.54) is 0 Å². The minimum Gasteiger partial charge on any atom is -0.204 e. The average Bonchev–Trinajstić information content (AvgIpc) is 2.96. The van der Waals surface area contributed by atoms with Gasteiger partial charge >= 0.3 is 0 Å². The fraction of sp³-hybridized carbons (Fsp3) is 0.556. The van der Waals surface area contributed by atoms with Crippen LogP contribution in [0.2, 0.25) is 0 Å². The van der Waals surface area contributed by atoms with Gasteiger partial charge in [-0.2, -0.15) is 24.1 Å². The van der Waals surface area contributed by atoms with Gasteiger partial charge in [0.1, 0.15) is 9.21 Å². The Morgan fingerprint density at radius 2 is 0.731 bits per heavy atom. The third kappa shape index (κ3) is 13.1. The van der Waals surface area contributed by atoms with E-state index in [4.69, 9.17) is 0 Å². The molecule has 0 aromatic carbocycles. The predicted octanol–water partition coefficient (Wildman–Crippen LogP) is 11.9. The number of nitrogens with zero attached hydrogens (tertiary/aromatic N) is 8. The van der Waals surface area contributed by atoms with Gasteiger partial charge in [0.25, 0.3) is 0 Å². The van der Waals surface area contributed by atoms with Crippen LogP contribution in [-0.4, -0.2) is 40.8 Å². The van der Waals surface area contributed by atoms with Crippen LogP contribution in [0, 0.1) is 51.2 Å². The number of halogens is 8. The van der Waals surface area contributed by atoms with Crippen molar-refractivity contribution in [3.05, 3.63) is 86.7 Å². The number of hydrogen-bond acceptors (Lipinski definition) is 8. The Bertz CT molecular complexity index is 1590. The molecule has 0 bridgehead atoms. The van der Waals surface area contributed by atoms with E-state index in [0.717, 1.165) is 5.56 Å². The highest BCUT2D eigenvalue weighted by atomic mass is 79.9. The summed E-state index contributed by atoms with van der Waals surface area (Å²) in [6.07, 6.45) is 0. The van der Waals surface area contributed by atoms with E-state index in [9.17, 15) is 17.6 Å². The second-order valence-electron chi connectivity index (χ2n) is 16.1. The first-order valence-corrected chi connectivity index (χ1v) is 19.3. The van der Waals surface area contributed by atoms with Crippen LogP contribution in [-0.2, 0) is 21.7 Å². The molecule has 0 unspecified atom stereocenters. The molecule has 52 heavy (non-hydrogen) atoms. The van der Waals surface area contributed by atoms with Crippen LogP contribution in [0.3, 0.4) is 0 Å². The minimum absolute atomic E-state index is 0.125. The van der Waals surface area contributed by atoms with Gasteiger partial charge in [-0.15, -0.1) is 25.5 Å². The quantitative estimate of drug-likeness (QED) is 0.161. The smallest absolute Gasteiger partial charge is 0.204 e. The largest absolute Gasteiger partial charge is 0.238 e. The monoisotopic (exact) mass is 984 g/mol. The zero-order chi connectivity index (χ0) is 40.9. The molecule has 4 aromatic rings. The molecule has 0 saturated carbocycles. The summed E-state index contributed by atoms with van der Waals surface area (Å²) < 4.78 is 55.7. The Hall–Kier alpha value is -2.04. The number of aromatic nitrogens is 8.